The van der Waals surface area contributed by atoms with E-state index in [4.69, 9.17) is 4.74 Å². The minimum Gasteiger partial charge on any atom is -0.368 e. The van der Waals surface area contributed by atoms with Gasteiger partial charge in [-0.1, -0.05) is 22.0 Å². The summed E-state index contributed by atoms with van der Waals surface area (Å²) < 4.78 is 6.35. The third-order valence-electron chi connectivity index (χ3n) is 3.35. The third kappa shape index (κ3) is 3.84. The molecular weight excluding hydrogens is 346 g/mol. The summed E-state index contributed by atoms with van der Waals surface area (Å²) in [5, 5.41) is 6.02. The molecule has 0 spiro atoms. The Labute approximate surface area is 137 Å². The van der Waals surface area contributed by atoms with Crippen molar-refractivity contribution in [1.82, 2.24) is 4.98 Å². The zero-order valence-corrected chi connectivity index (χ0v) is 13.5. The van der Waals surface area contributed by atoms with Crippen LogP contribution in [-0.2, 0) is 9.53 Å². The summed E-state index contributed by atoms with van der Waals surface area (Å²) in [7, 11) is 0. The van der Waals surface area contributed by atoms with E-state index in [0.29, 0.717) is 18.1 Å². The molecule has 1 aliphatic rings. The molecule has 0 radical (unpaired) electrons. The lowest BCUT2D eigenvalue weighted by atomic mass is 10.2. The normalized spacial score (nSPS) is 17.2. The molecule has 1 aliphatic heterocycles. The fourth-order valence-electron chi connectivity index (χ4n) is 2.26. The number of pyridine rings is 1. The summed E-state index contributed by atoms with van der Waals surface area (Å²) in [6.45, 7) is 0.659. The van der Waals surface area contributed by atoms with Gasteiger partial charge in [0.2, 0.25) is 0 Å². The second-order valence-corrected chi connectivity index (χ2v) is 5.97. The zero-order valence-electron chi connectivity index (χ0n) is 11.9. The molecule has 6 heteroatoms. The molecule has 0 bridgehead atoms. The number of carbonyl (C=O) groups excluding carboxylic acids is 1. The van der Waals surface area contributed by atoms with E-state index in [1.807, 2.05) is 36.4 Å². The molecule has 0 saturated carbocycles. The maximum Gasteiger partial charge on any atom is 0.253 e. The van der Waals surface area contributed by atoms with Crippen LogP contribution < -0.4 is 10.6 Å². The lowest BCUT2D eigenvalue weighted by molar-refractivity contribution is -0.124. The average molecular weight is 362 g/mol. The lowest BCUT2D eigenvalue weighted by Gasteiger charge is -2.11. The van der Waals surface area contributed by atoms with Gasteiger partial charge in [0.15, 0.2) is 0 Å². The van der Waals surface area contributed by atoms with E-state index in [2.05, 4.69) is 31.5 Å². The van der Waals surface area contributed by atoms with Gasteiger partial charge in [-0.3, -0.25) is 4.79 Å². The smallest absolute Gasteiger partial charge is 0.253 e. The number of aromatic nitrogens is 1. The number of nitrogens with zero attached hydrogens (tertiary/aromatic N) is 1. The van der Waals surface area contributed by atoms with E-state index in [1.54, 1.807) is 6.20 Å². The number of anilines is 3. The molecule has 2 aromatic rings. The molecule has 1 saturated heterocycles. The van der Waals surface area contributed by atoms with Gasteiger partial charge in [-0.15, -0.1) is 0 Å². The Morgan fingerprint density at radius 3 is 2.86 bits per heavy atom. The molecule has 22 heavy (non-hydrogen) atoms. The molecule has 0 aliphatic carbocycles. The average Bonchev–Trinajstić information content (AvgIpc) is 3.04. The highest BCUT2D eigenvalue weighted by Gasteiger charge is 2.23. The number of nitrogens with one attached hydrogen (secondary N) is 2. The number of ether oxygens (including phenoxy) is 1. The van der Waals surface area contributed by atoms with Gasteiger partial charge < -0.3 is 15.4 Å². The molecule has 1 aromatic carbocycles. The highest BCUT2D eigenvalue weighted by Crippen LogP contribution is 2.20. The maximum atomic E-state index is 11.9. The van der Waals surface area contributed by atoms with Crippen LogP contribution >= 0.6 is 15.9 Å². The Hall–Kier alpha value is -1.92. The molecular formula is C16H16BrN3O2. The second kappa shape index (κ2) is 6.89. The van der Waals surface area contributed by atoms with Crippen LogP contribution in [0.25, 0.3) is 0 Å². The number of rotatable bonds is 4. The predicted molar refractivity (Wildman–Crippen MR) is 89.3 cm³/mol. The van der Waals surface area contributed by atoms with Crippen molar-refractivity contribution in [2.24, 2.45) is 0 Å². The van der Waals surface area contributed by atoms with Crippen LogP contribution in [0.15, 0.2) is 47.1 Å². The number of hydrogen-bond acceptors (Lipinski definition) is 4. The number of amides is 1. The first-order valence-electron chi connectivity index (χ1n) is 7.12. The first-order valence-corrected chi connectivity index (χ1v) is 7.91. The summed E-state index contributed by atoms with van der Waals surface area (Å²) in [5.74, 6) is 0.611. The lowest BCUT2D eigenvalue weighted by Crippen LogP contribution is -2.26. The van der Waals surface area contributed by atoms with Gasteiger partial charge in [0.05, 0.1) is 11.9 Å². The van der Waals surface area contributed by atoms with Crippen molar-refractivity contribution in [2.75, 3.05) is 17.2 Å². The van der Waals surface area contributed by atoms with Gasteiger partial charge in [-0.2, -0.15) is 0 Å². The largest absolute Gasteiger partial charge is 0.368 e. The van der Waals surface area contributed by atoms with Crippen molar-refractivity contribution in [3.05, 3.63) is 47.1 Å². The van der Waals surface area contributed by atoms with Crippen molar-refractivity contribution in [2.45, 2.75) is 18.9 Å². The molecule has 1 amide bonds. The van der Waals surface area contributed by atoms with Gasteiger partial charge in [0, 0.05) is 16.8 Å². The van der Waals surface area contributed by atoms with Crippen molar-refractivity contribution < 1.29 is 9.53 Å². The van der Waals surface area contributed by atoms with Crippen LogP contribution in [0.3, 0.4) is 0 Å². The third-order valence-corrected chi connectivity index (χ3v) is 3.84. The minimum atomic E-state index is -0.334. The van der Waals surface area contributed by atoms with Gasteiger partial charge in [-0.05, 0) is 43.2 Å². The van der Waals surface area contributed by atoms with Gasteiger partial charge >= 0.3 is 0 Å². The summed E-state index contributed by atoms with van der Waals surface area (Å²) >= 11 is 3.43. The van der Waals surface area contributed by atoms with E-state index >= 15 is 0 Å². The van der Waals surface area contributed by atoms with Crippen LogP contribution in [-0.4, -0.2) is 23.6 Å². The predicted octanol–water partition coefficient (Wildman–Crippen LogP) is 3.71. The van der Waals surface area contributed by atoms with Crippen molar-refractivity contribution in [3.8, 4) is 0 Å². The fourth-order valence-corrected chi connectivity index (χ4v) is 2.66. The van der Waals surface area contributed by atoms with E-state index in [0.717, 1.165) is 23.0 Å². The van der Waals surface area contributed by atoms with E-state index < -0.39 is 0 Å². The van der Waals surface area contributed by atoms with Gasteiger partial charge in [0.25, 0.3) is 5.91 Å². The molecule has 1 unspecified atom stereocenters. The quantitative estimate of drug-likeness (QED) is 0.871. The maximum absolute atomic E-state index is 11.9. The number of halogens is 1. The van der Waals surface area contributed by atoms with Crippen LogP contribution in [0.4, 0.5) is 17.2 Å². The van der Waals surface area contributed by atoms with Crippen molar-refractivity contribution >= 4 is 39.0 Å². The highest BCUT2D eigenvalue weighted by atomic mass is 79.9. The molecule has 1 aromatic heterocycles. The summed E-state index contributed by atoms with van der Waals surface area (Å²) in [4.78, 5) is 16.2. The van der Waals surface area contributed by atoms with E-state index in [-0.39, 0.29) is 12.0 Å². The number of carbonyl (C=O) groups is 1. The van der Waals surface area contributed by atoms with Crippen LogP contribution in [0.2, 0.25) is 0 Å². The highest BCUT2D eigenvalue weighted by molar-refractivity contribution is 9.10. The Kier molecular flexibility index (Phi) is 4.70. The molecule has 5 nitrogen and oxygen atoms in total. The van der Waals surface area contributed by atoms with Crippen LogP contribution in [0.5, 0.6) is 0 Å². The summed E-state index contributed by atoms with van der Waals surface area (Å²) in [6, 6.07) is 11.5. The number of benzene rings is 1. The molecule has 114 valence electrons. The first kappa shape index (κ1) is 15.0. The fraction of sp³-hybridized carbons (Fsp3) is 0.250. The molecule has 1 atom stereocenters. The standard InChI is InChI=1S/C16H16BrN3O2/c17-11-3-1-4-12(9-11)19-15-7-6-13(10-18-15)20-16(21)14-5-2-8-22-14/h1,3-4,6-7,9-10,14H,2,5,8H2,(H,18,19)(H,20,21). The Bertz CT molecular complexity index is 655. The monoisotopic (exact) mass is 361 g/mol. The van der Waals surface area contributed by atoms with Gasteiger partial charge in [-0.25, -0.2) is 4.98 Å². The molecule has 1 fully saturated rings. The van der Waals surface area contributed by atoms with Crippen LogP contribution in [0.1, 0.15) is 12.8 Å². The Morgan fingerprint density at radius 2 is 2.18 bits per heavy atom. The second-order valence-electron chi connectivity index (χ2n) is 5.06. The van der Waals surface area contributed by atoms with Crippen molar-refractivity contribution in [3.63, 3.8) is 0 Å². The Morgan fingerprint density at radius 1 is 1.27 bits per heavy atom. The number of hydrogen-bond donors (Lipinski definition) is 2. The minimum absolute atomic E-state index is 0.105. The van der Waals surface area contributed by atoms with E-state index in [9.17, 15) is 4.79 Å². The van der Waals surface area contributed by atoms with Crippen LogP contribution in [0, 0.1) is 0 Å². The molecule has 3 rings (SSSR count). The van der Waals surface area contributed by atoms with Crippen molar-refractivity contribution in [1.29, 1.82) is 0 Å². The van der Waals surface area contributed by atoms with Gasteiger partial charge in [0.1, 0.15) is 11.9 Å². The van der Waals surface area contributed by atoms with E-state index in [1.165, 1.54) is 0 Å². The zero-order chi connectivity index (χ0) is 15.4. The summed E-state index contributed by atoms with van der Waals surface area (Å²) in [6.07, 6.45) is 3.01. The molecule has 2 heterocycles. The molecule has 2 N–H and O–H groups in total. The summed E-state index contributed by atoms with van der Waals surface area (Å²) in [5.41, 5.74) is 1.61. The Balaban J connectivity index is 1.61. The topological polar surface area (TPSA) is 63.2 Å². The first-order chi connectivity index (χ1) is 10.7. The SMILES string of the molecule is O=C(Nc1ccc(Nc2cccc(Br)c2)nc1)C1CCCO1.